The van der Waals surface area contributed by atoms with Crippen molar-refractivity contribution in [3.05, 3.63) is 95.5 Å². The molecule has 0 aliphatic carbocycles. The Morgan fingerprint density at radius 2 is 1.63 bits per heavy atom. The molecule has 0 saturated carbocycles. The monoisotopic (exact) mass is 389 g/mol. The summed E-state index contributed by atoms with van der Waals surface area (Å²) in [5.41, 5.74) is 8.54. The first-order valence-electron chi connectivity index (χ1n) is 9.97. The molecule has 5 aromatic rings. The van der Waals surface area contributed by atoms with Crippen LogP contribution in [0.3, 0.4) is 0 Å². The van der Waals surface area contributed by atoms with Crippen LogP contribution in [0.5, 0.6) is 0 Å². The molecule has 0 aliphatic heterocycles. The number of pyridine rings is 1. The molecule has 3 aromatic carbocycles. The molecule has 0 aliphatic rings. The van der Waals surface area contributed by atoms with Crippen LogP contribution in [0, 0.1) is 20.4 Å². The molecule has 0 bridgehead atoms. The van der Waals surface area contributed by atoms with Crippen molar-refractivity contribution < 1.29 is 8.98 Å². The number of aryl methyl sites for hydroxylation is 3. The van der Waals surface area contributed by atoms with E-state index in [1.807, 2.05) is 50.5 Å². The number of furan rings is 1. The van der Waals surface area contributed by atoms with Gasteiger partial charge in [0.25, 0.3) is 0 Å². The zero-order valence-electron chi connectivity index (χ0n) is 17.2. The zero-order valence-corrected chi connectivity index (χ0v) is 17.2. The molecule has 5 rings (SSSR count). The van der Waals surface area contributed by atoms with Gasteiger partial charge in [-0.3, -0.25) is 0 Å². The lowest BCUT2D eigenvalue weighted by Crippen LogP contribution is -2.30. The minimum absolute atomic E-state index is 0.585. The molecule has 30 heavy (non-hydrogen) atoms. The maximum Gasteiger partial charge on any atom is 0.232 e. The molecule has 0 fully saturated rings. The van der Waals surface area contributed by atoms with Crippen molar-refractivity contribution in [2.75, 3.05) is 0 Å². The van der Waals surface area contributed by atoms with Crippen molar-refractivity contribution in [3.63, 3.8) is 0 Å². The lowest BCUT2D eigenvalue weighted by atomic mass is 9.94. The topological polar surface area (TPSA) is 21.4 Å². The molecule has 0 atom stereocenters. The molecule has 0 saturated heterocycles. The highest BCUT2D eigenvalue weighted by atomic mass is 16.3. The van der Waals surface area contributed by atoms with E-state index in [-0.39, 0.29) is 0 Å². The van der Waals surface area contributed by atoms with E-state index in [1.54, 1.807) is 0 Å². The normalized spacial score (nSPS) is 11.1. The molecular formula is C27H21N2O+. The maximum absolute atomic E-state index is 7.77. The lowest BCUT2D eigenvalue weighted by molar-refractivity contribution is -0.660. The van der Waals surface area contributed by atoms with Gasteiger partial charge in [-0.1, -0.05) is 48.5 Å². The molecule has 0 unspecified atom stereocenters. The molecule has 144 valence electrons. The summed E-state index contributed by atoms with van der Waals surface area (Å²) in [5.74, 6) is 0. The summed E-state index contributed by atoms with van der Waals surface area (Å²) in [6, 6.07) is 22.9. The van der Waals surface area contributed by atoms with E-state index in [0.29, 0.717) is 11.3 Å². The highest BCUT2D eigenvalue weighted by Gasteiger charge is 2.24. The van der Waals surface area contributed by atoms with Gasteiger partial charge < -0.3 is 4.42 Å². The summed E-state index contributed by atoms with van der Waals surface area (Å²) in [5, 5.41) is 2.05. The highest BCUT2D eigenvalue weighted by Crippen LogP contribution is 2.45. The molecule has 0 radical (unpaired) electrons. The molecular weight excluding hydrogens is 368 g/mol. The van der Waals surface area contributed by atoms with Gasteiger partial charge in [0, 0.05) is 22.9 Å². The Morgan fingerprint density at radius 1 is 0.867 bits per heavy atom. The number of rotatable bonds is 2. The van der Waals surface area contributed by atoms with Crippen molar-refractivity contribution in [1.29, 1.82) is 0 Å². The molecule has 0 N–H and O–H groups in total. The van der Waals surface area contributed by atoms with Gasteiger partial charge in [0.05, 0.1) is 12.1 Å². The SMILES string of the molecule is [C-]#[N+]c1c(C)cc(-c2ccccc2)c2c1oc1c(-c3cccc[n+]3C)c(C)ccc12. The molecule has 2 heterocycles. The standard InChI is InChI=1S/C27H21N2O/c1-17-13-14-20-24-21(19-10-6-5-7-11-19)16-18(2)25(28-3)27(24)30-26(20)23(17)22-12-8-9-15-29(22)4/h5-16H,1-2,4H3/q+1. The lowest BCUT2D eigenvalue weighted by Gasteiger charge is -2.08. The predicted octanol–water partition coefficient (Wildman–Crippen LogP) is 6.91. The Morgan fingerprint density at radius 3 is 2.37 bits per heavy atom. The summed E-state index contributed by atoms with van der Waals surface area (Å²) in [6.45, 7) is 11.9. The Kier molecular flexibility index (Phi) is 4.15. The number of hydrogen-bond acceptors (Lipinski definition) is 1. The van der Waals surface area contributed by atoms with Gasteiger partial charge in [0.15, 0.2) is 6.20 Å². The van der Waals surface area contributed by atoms with Crippen LogP contribution in [-0.2, 0) is 7.05 Å². The summed E-state index contributed by atoms with van der Waals surface area (Å²) >= 11 is 0. The first-order valence-corrected chi connectivity index (χ1v) is 9.97. The number of aromatic nitrogens is 1. The molecule has 2 aromatic heterocycles. The van der Waals surface area contributed by atoms with Crippen LogP contribution in [0.15, 0.2) is 77.3 Å². The first-order chi connectivity index (χ1) is 14.6. The van der Waals surface area contributed by atoms with Gasteiger partial charge in [0.2, 0.25) is 11.4 Å². The van der Waals surface area contributed by atoms with E-state index in [9.17, 15) is 0 Å². The molecule has 0 amide bonds. The average molecular weight is 389 g/mol. The van der Waals surface area contributed by atoms with Gasteiger partial charge in [-0.15, -0.1) is 0 Å². The third kappa shape index (κ3) is 2.62. The molecule has 3 heteroatoms. The van der Waals surface area contributed by atoms with E-state index in [1.165, 1.54) is 0 Å². The van der Waals surface area contributed by atoms with E-state index in [4.69, 9.17) is 11.0 Å². The maximum atomic E-state index is 7.77. The second kappa shape index (κ2) is 6.86. The van der Waals surface area contributed by atoms with Crippen LogP contribution in [0.25, 0.3) is 49.2 Å². The van der Waals surface area contributed by atoms with E-state index >= 15 is 0 Å². The van der Waals surface area contributed by atoms with Crippen molar-refractivity contribution in [1.82, 2.24) is 0 Å². The van der Waals surface area contributed by atoms with Gasteiger partial charge >= 0.3 is 0 Å². The number of hydrogen-bond donors (Lipinski definition) is 0. The Labute approximate surface area is 175 Å². The third-order valence-electron chi connectivity index (χ3n) is 5.79. The third-order valence-corrected chi connectivity index (χ3v) is 5.79. The summed E-state index contributed by atoms with van der Waals surface area (Å²) in [4.78, 5) is 3.82. The van der Waals surface area contributed by atoms with E-state index < -0.39 is 0 Å². The van der Waals surface area contributed by atoms with Crippen molar-refractivity contribution in [3.8, 4) is 22.4 Å². The molecule has 3 nitrogen and oxygen atoms in total. The van der Waals surface area contributed by atoms with Gasteiger partial charge in [-0.25, -0.2) is 9.41 Å². The Balaban J connectivity index is 1.99. The minimum Gasteiger partial charge on any atom is -0.466 e. The van der Waals surface area contributed by atoms with Crippen LogP contribution < -0.4 is 4.57 Å². The first kappa shape index (κ1) is 18.1. The minimum atomic E-state index is 0.585. The van der Waals surface area contributed by atoms with Crippen molar-refractivity contribution in [2.24, 2.45) is 7.05 Å². The van der Waals surface area contributed by atoms with Crippen molar-refractivity contribution >= 4 is 27.6 Å². The van der Waals surface area contributed by atoms with Crippen LogP contribution in [0.2, 0.25) is 0 Å². The fourth-order valence-electron chi connectivity index (χ4n) is 4.32. The quantitative estimate of drug-likeness (QED) is 0.237. The van der Waals surface area contributed by atoms with Crippen LogP contribution >= 0.6 is 0 Å². The van der Waals surface area contributed by atoms with Crippen LogP contribution in [-0.4, -0.2) is 0 Å². The summed E-state index contributed by atoms with van der Waals surface area (Å²) in [6.07, 6.45) is 2.04. The summed E-state index contributed by atoms with van der Waals surface area (Å²) in [7, 11) is 2.04. The van der Waals surface area contributed by atoms with Gasteiger partial charge in [-0.2, -0.15) is 0 Å². The molecule has 0 spiro atoms. The van der Waals surface area contributed by atoms with Crippen molar-refractivity contribution in [2.45, 2.75) is 13.8 Å². The van der Waals surface area contributed by atoms with Gasteiger partial charge in [0.1, 0.15) is 18.2 Å². The van der Waals surface area contributed by atoms with Gasteiger partial charge in [-0.05, 0) is 42.2 Å². The Bertz CT molecular complexity index is 1470. The number of fused-ring (bicyclic) bond motifs is 3. The fourth-order valence-corrected chi connectivity index (χ4v) is 4.32. The average Bonchev–Trinajstić information content (AvgIpc) is 3.14. The van der Waals surface area contributed by atoms with E-state index in [2.05, 4.69) is 52.7 Å². The Hall–Kier alpha value is -3.90. The second-order valence-corrected chi connectivity index (χ2v) is 7.70. The second-order valence-electron chi connectivity index (χ2n) is 7.70. The largest absolute Gasteiger partial charge is 0.466 e. The van der Waals surface area contributed by atoms with Crippen LogP contribution in [0.4, 0.5) is 5.69 Å². The zero-order chi connectivity index (χ0) is 20.8. The fraction of sp³-hybridized carbons (Fsp3) is 0.111. The smallest absolute Gasteiger partial charge is 0.232 e. The van der Waals surface area contributed by atoms with E-state index in [0.717, 1.165) is 49.9 Å². The number of nitrogens with zero attached hydrogens (tertiary/aromatic N) is 2. The van der Waals surface area contributed by atoms with Crippen LogP contribution in [0.1, 0.15) is 11.1 Å². The highest BCUT2D eigenvalue weighted by molar-refractivity contribution is 6.18. The summed E-state index contributed by atoms with van der Waals surface area (Å²) < 4.78 is 8.62. The number of benzene rings is 3. The predicted molar refractivity (Wildman–Crippen MR) is 122 cm³/mol.